The quantitative estimate of drug-likeness (QED) is 0.694. The number of halogens is 1. The largest absolute Gasteiger partial charge is 0.352 e. The highest BCUT2D eigenvalue weighted by Crippen LogP contribution is 2.23. The molecule has 0 aliphatic rings. The third-order valence-electron chi connectivity index (χ3n) is 4.73. The van der Waals surface area contributed by atoms with Crippen molar-refractivity contribution >= 4 is 17.5 Å². The smallest absolute Gasteiger partial charge is 0.256 e. The number of aromatic nitrogens is 2. The van der Waals surface area contributed by atoms with E-state index in [4.69, 9.17) is 11.6 Å². The molecular weight excluding hydrogens is 358 g/mol. The van der Waals surface area contributed by atoms with Crippen LogP contribution in [0.3, 0.4) is 0 Å². The molecule has 4 nitrogen and oxygen atoms in total. The highest BCUT2D eigenvalue weighted by Gasteiger charge is 2.20. The molecule has 0 fully saturated rings. The molecule has 0 spiro atoms. The lowest BCUT2D eigenvalue weighted by Gasteiger charge is -2.12. The van der Waals surface area contributed by atoms with Gasteiger partial charge in [-0.15, -0.1) is 0 Å². The zero-order chi connectivity index (χ0) is 19.6. The molecular formula is C22H24ClN3O. The Balaban J connectivity index is 1.73. The molecule has 1 amide bonds. The number of benzene rings is 2. The van der Waals surface area contributed by atoms with Crippen LogP contribution < -0.4 is 5.32 Å². The normalized spacial score (nSPS) is 10.9. The van der Waals surface area contributed by atoms with E-state index in [1.807, 2.05) is 30.3 Å². The van der Waals surface area contributed by atoms with Crippen LogP contribution >= 0.6 is 11.6 Å². The molecule has 0 atom stereocenters. The van der Waals surface area contributed by atoms with Gasteiger partial charge in [0.1, 0.15) is 5.15 Å². The lowest BCUT2D eigenvalue weighted by molar-refractivity contribution is 0.0953. The summed E-state index contributed by atoms with van der Waals surface area (Å²) in [5.74, 6) is -0.193. The van der Waals surface area contributed by atoms with Gasteiger partial charge >= 0.3 is 0 Å². The summed E-state index contributed by atoms with van der Waals surface area (Å²) in [6.07, 6.45) is 0.785. The lowest BCUT2D eigenvalue weighted by Crippen LogP contribution is -2.26. The Kier molecular flexibility index (Phi) is 5.66. The third kappa shape index (κ3) is 4.06. The maximum atomic E-state index is 12.7. The van der Waals surface area contributed by atoms with Crippen LogP contribution in [0.15, 0.2) is 42.5 Å². The summed E-state index contributed by atoms with van der Waals surface area (Å²) in [6.45, 7) is 8.68. The van der Waals surface area contributed by atoms with Gasteiger partial charge < -0.3 is 5.32 Å². The molecule has 0 saturated heterocycles. The van der Waals surface area contributed by atoms with Crippen molar-refractivity contribution in [3.05, 3.63) is 81.1 Å². The molecule has 1 heterocycles. The summed E-state index contributed by atoms with van der Waals surface area (Å²) in [7, 11) is 0. The van der Waals surface area contributed by atoms with Gasteiger partial charge in [0.25, 0.3) is 5.91 Å². The lowest BCUT2D eigenvalue weighted by atomic mass is 9.97. The van der Waals surface area contributed by atoms with Gasteiger partial charge in [0.15, 0.2) is 0 Å². The van der Waals surface area contributed by atoms with Crippen molar-refractivity contribution in [2.75, 3.05) is 6.54 Å². The Morgan fingerprint density at radius 2 is 1.70 bits per heavy atom. The first kappa shape index (κ1) is 19.2. The average Bonchev–Trinajstić information content (AvgIpc) is 2.92. The van der Waals surface area contributed by atoms with Crippen LogP contribution in [0, 0.1) is 27.7 Å². The third-order valence-corrected chi connectivity index (χ3v) is 5.08. The Bertz CT molecular complexity index is 954. The number of amides is 1. The van der Waals surface area contributed by atoms with E-state index in [0.29, 0.717) is 23.0 Å². The minimum Gasteiger partial charge on any atom is -0.352 e. The second-order valence-corrected chi connectivity index (χ2v) is 7.24. The Morgan fingerprint density at radius 1 is 1.07 bits per heavy atom. The molecule has 0 aliphatic heterocycles. The molecule has 1 N–H and O–H groups in total. The van der Waals surface area contributed by atoms with E-state index in [9.17, 15) is 4.79 Å². The molecule has 0 saturated carbocycles. The highest BCUT2D eigenvalue weighted by atomic mass is 35.5. The van der Waals surface area contributed by atoms with E-state index >= 15 is 0 Å². The zero-order valence-electron chi connectivity index (χ0n) is 16.1. The monoisotopic (exact) mass is 381 g/mol. The number of hydrogen-bond acceptors (Lipinski definition) is 2. The summed E-state index contributed by atoms with van der Waals surface area (Å²) >= 11 is 6.46. The van der Waals surface area contributed by atoms with E-state index < -0.39 is 0 Å². The van der Waals surface area contributed by atoms with Gasteiger partial charge in [0, 0.05) is 6.54 Å². The molecule has 0 bridgehead atoms. The van der Waals surface area contributed by atoms with Crippen molar-refractivity contribution in [2.45, 2.75) is 34.1 Å². The van der Waals surface area contributed by atoms with Gasteiger partial charge in [0.2, 0.25) is 0 Å². The number of hydrogen-bond donors (Lipinski definition) is 1. The predicted octanol–water partition coefficient (Wildman–Crippen LogP) is 4.73. The number of rotatable bonds is 5. The fourth-order valence-electron chi connectivity index (χ4n) is 3.49. The standard InChI is InChI=1S/C22H24ClN3O/c1-14-12-15(2)19(16(3)13-14)10-11-24-22(27)20-17(4)25-26(21(20)23)18-8-6-5-7-9-18/h5-9,12-13H,10-11H2,1-4H3,(H,24,27). The molecule has 27 heavy (non-hydrogen) atoms. The highest BCUT2D eigenvalue weighted by molar-refractivity contribution is 6.33. The summed E-state index contributed by atoms with van der Waals surface area (Å²) in [5.41, 5.74) is 6.93. The molecule has 3 rings (SSSR count). The predicted molar refractivity (Wildman–Crippen MR) is 110 cm³/mol. The van der Waals surface area contributed by atoms with Crippen LogP contribution in [-0.4, -0.2) is 22.2 Å². The molecule has 3 aromatic rings. The van der Waals surface area contributed by atoms with E-state index in [1.165, 1.54) is 22.3 Å². The molecule has 0 unspecified atom stereocenters. The topological polar surface area (TPSA) is 46.9 Å². The maximum Gasteiger partial charge on any atom is 0.256 e. The molecule has 0 radical (unpaired) electrons. The first-order chi connectivity index (χ1) is 12.9. The number of nitrogens with zero attached hydrogens (tertiary/aromatic N) is 2. The molecule has 1 aromatic heterocycles. The number of carbonyl (C=O) groups is 1. The summed E-state index contributed by atoms with van der Waals surface area (Å²) in [5, 5.41) is 7.75. The second-order valence-electron chi connectivity index (χ2n) is 6.88. The fourth-order valence-corrected chi connectivity index (χ4v) is 3.85. The first-order valence-electron chi connectivity index (χ1n) is 9.04. The fraction of sp³-hybridized carbons (Fsp3) is 0.273. The van der Waals surface area contributed by atoms with Gasteiger partial charge in [-0.2, -0.15) is 5.10 Å². The zero-order valence-corrected chi connectivity index (χ0v) is 16.9. The van der Waals surface area contributed by atoms with Crippen molar-refractivity contribution in [1.29, 1.82) is 0 Å². The van der Waals surface area contributed by atoms with Crippen LogP contribution in [0.25, 0.3) is 5.69 Å². The number of nitrogens with one attached hydrogen (secondary N) is 1. The van der Waals surface area contributed by atoms with Crippen molar-refractivity contribution in [1.82, 2.24) is 15.1 Å². The average molecular weight is 382 g/mol. The van der Waals surface area contributed by atoms with Gasteiger partial charge in [-0.25, -0.2) is 4.68 Å². The first-order valence-corrected chi connectivity index (χ1v) is 9.41. The van der Waals surface area contributed by atoms with Gasteiger partial charge in [-0.3, -0.25) is 4.79 Å². The van der Waals surface area contributed by atoms with Crippen molar-refractivity contribution in [2.24, 2.45) is 0 Å². The Labute approximate surface area is 165 Å². The van der Waals surface area contributed by atoms with Gasteiger partial charge in [-0.05, 0) is 62.9 Å². The van der Waals surface area contributed by atoms with Crippen molar-refractivity contribution in [3.63, 3.8) is 0 Å². The van der Waals surface area contributed by atoms with Crippen LogP contribution in [0.1, 0.15) is 38.3 Å². The van der Waals surface area contributed by atoms with E-state index in [-0.39, 0.29) is 5.91 Å². The van der Waals surface area contributed by atoms with Crippen LogP contribution in [0.4, 0.5) is 0 Å². The second kappa shape index (κ2) is 7.97. The molecule has 140 valence electrons. The number of carbonyl (C=O) groups excluding carboxylic acids is 1. The van der Waals surface area contributed by atoms with Gasteiger partial charge in [-0.1, -0.05) is 47.5 Å². The van der Waals surface area contributed by atoms with Gasteiger partial charge in [0.05, 0.1) is 16.9 Å². The Morgan fingerprint density at radius 3 is 2.33 bits per heavy atom. The minimum absolute atomic E-state index is 0.193. The molecule has 2 aromatic carbocycles. The van der Waals surface area contributed by atoms with E-state index in [1.54, 1.807) is 11.6 Å². The van der Waals surface area contributed by atoms with Crippen LogP contribution in [0.5, 0.6) is 0 Å². The Hall–Kier alpha value is -2.59. The summed E-state index contributed by atoms with van der Waals surface area (Å²) in [4.78, 5) is 12.7. The number of aryl methyl sites for hydroxylation is 4. The SMILES string of the molecule is Cc1cc(C)c(CCNC(=O)c2c(C)nn(-c3ccccc3)c2Cl)c(C)c1. The van der Waals surface area contributed by atoms with E-state index in [2.05, 4.69) is 43.3 Å². The molecule has 0 aliphatic carbocycles. The number of para-hydroxylation sites is 1. The van der Waals surface area contributed by atoms with E-state index in [0.717, 1.165) is 12.1 Å². The van der Waals surface area contributed by atoms with Crippen LogP contribution in [-0.2, 0) is 6.42 Å². The van der Waals surface area contributed by atoms with Crippen LogP contribution in [0.2, 0.25) is 5.15 Å². The minimum atomic E-state index is -0.193. The maximum absolute atomic E-state index is 12.7. The van der Waals surface area contributed by atoms with Crippen molar-refractivity contribution in [3.8, 4) is 5.69 Å². The van der Waals surface area contributed by atoms with Crippen molar-refractivity contribution < 1.29 is 4.79 Å². The summed E-state index contributed by atoms with van der Waals surface area (Å²) < 4.78 is 1.60. The summed E-state index contributed by atoms with van der Waals surface area (Å²) in [6, 6.07) is 13.9. The molecule has 5 heteroatoms.